The van der Waals surface area contributed by atoms with Gasteiger partial charge in [0.25, 0.3) is 0 Å². The van der Waals surface area contributed by atoms with Gasteiger partial charge in [0.2, 0.25) is 0 Å². The average molecular weight is 226 g/mol. The van der Waals surface area contributed by atoms with E-state index in [4.69, 9.17) is 11.1 Å². The first-order chi connectivity index (χ1) is 7.49. The van der Waals surface area contributed by atoms with Gasteiger partial charge in [-0.1, -0.05) is 6.92 Å². The molecule has 16 heavy (non-hydrogen) atoms. The summed E-state index contributed by atoms with van der Waals surface area (Å²) in [6.45, 7) is 6.52. The SMILES string of the molecule is CC(CN(C)CC1CCN(C)CC1)C(=N)N. The second-order valence-corrected chi connectivity index (χ2v) is 5.32. The van der Waals surface area contributed by atoms with Crippen molar-refractivity contribution in [2.24, 2.45) is 17.6 Å². The van der Waals surface area contributed by atoms with Crippen LogP contribution >= 0.6 is 0 Å². The highest BCUT2D eigenvalue weighted by atomic mass is 15.1. The van der Waals surface area contributed by atoms with Gasteiger partial charge in [0.1, 0.15) is 0 Å². The molecule has 0 aromatic rings. The van der Waals surface area contributed by atoms with Gasteiger partial charge >= 0.3 is 0 Å². The van der Waals surface area contributed by atoms with Crippen LogP contribution < -0.4 is 5.73 Å². The van der Waals surface area contributed by atoms with Crippen LogP contribution in [0.15, 0.2) is 0 Å². The molecule has 0 bridgehead atoms. The Balaban J connectivity index is 2.23. The molecule has 1 saturated heterocycles. The van der Waals surface area contributed by atoms with Crippen molar-refractivity contribution in [3.05, 3.63) is 0 Å². The Labute approximate surface area is 99.3 Å². The molecule has 0 spiro atoms. The monoisotopic (exact) mass is 226 g/mol. The second kappa shape index (κ2) is 6.21. The lowest BCUT2D eigenvalue weighted by atomic mass is 9.96. The van der Waals surface area contributed by atoms with Crippen molar-refractivity contribution in [1.29, 1.82) is 5.41 Å². The summed E-state index contributed by atoms with van der Waals surface area (Å²) < 4.78 is 0. The minimum absolute atomic E-state index is 0.177. The van der Waals surface area contributed by atoms with E-state index in [1.54, 1.807) is 0 Å². The fraction of sp³-hybridized carbons (Fsp3) is 0.917. The van der Waals surface area contributed by atoms with Gasteiger partial charge < -0.3 is 15.5 Å². The zero-order chi connectivity index (χ0) is 12.1. The number of nitrogens with one attached hydrogen (secondary N) is 1. The molecule has 1 heterocycles. The van der Waals surface area contributed by atoms with Crippen LogP contribution in [-0.2, 0) is 0 Å². The molecule has 0 radical (unpaired) electrons. The summed E-state index contributed by atoms with van der Waals surface area (Å²) in [5, 5.41) is 7.38. The van der Waals surface area contributed by atoms with Crippen LogP contribution in [-0.4, -0.2) is 55.9 Å². The van der Waals surface area contributed by atoms with E-state index in [2.05, 4.69) is 23.9 Å². The molecule has 1 fully saturated rings. The highest BCUT2D eigenvalue weighted by Crippen LogP contribution is 2.17. The maximum atomic E-state index is 7.38. The molecule has 3 N–H and O–H groups in total. The van der Waals surface area contributed by atoms with Crippen molar-refractivity contribution >= 4 is 5.84 Å². The molecular weight excluding hydrogens is 200 g/mol. The topological polar surface area (TPSA) is 56.4 Å². The van der Waals surface area contributed by atoms with E-state index in [9.17, 15) is 0 Å². The predicted molar refractivity (Wildman–Crippen MR) is 68.8 cm³/mol. The van der Waals surface area contributed by atoms with E-state index in [1.165, 1.54) is 25.9 Å². The van der Waals surface area contributed by atoms with Crippen LogP contribution in [0, 0.1) is 17.2 Å². The van der Waals surface area contributed by atoms with Gasteiger partial charge in [-0.15, -0.1) is 0 Å². The third-order valence-electron chi connectivity index (χ3n) is 3.52. The van der Waals surface area contributed by atoms with E-state index in [-0.39, 0.29) is 5.92 Å². The Morgan fingerprint density at radius 3 is 2.56 bits per heavy atom. The van der Waals surface area contributed by atoms with Gasteiger partial charge in [0.15, 0.2) is 0 Å². The molecule has 0 aliphatic carbocycles. The summed E-state index contributed by atoms with van der Waals surface area (Å²) in [5.74, 6) is 1.30. The Morgan fingerprint density at radius 1 is 1.50 bits per heavy atom. The third kappa shape index (κ3) is 4.49. The van der Waals surface area contributed by atoms with Crippen molar-refractivity contribution in [1.82, 2.24) is 9.80 Å². The Morgan fingerprint density at radius 2 is 2.06 bits per heavy atom. The first-order valence-corrected chi connectivity index (χ1v) is 6.20. The van der Waals surface area contributed by atoms with Crippen LogP contribution in [0.25, 0.3) is 0 Å². The Kier molecular flexibility index (Phi) is 5.22. The van der Waals surface area contributed by atoms with Crippen molar-refractivity contribution in [3.8, 4) is 0 Å². The molecule has 1 atom stereocenters. The quantitative estimate of drug-likeness (QED) is 0.539. The molecule has 1 rings (SSSR count). The van der Waals surface area contributed by atoms with Gasteiger partial charge in [0, 0.05) is 19.0 Å². The lowest BCUT2D eigenvalue weighted by Crippen LogP contribution is -2.38. The minimum atomic E-state index is 0.177. The third-order valence-corrected chi connectivity index (χ3v) is 3.52. The summed E-state index contributed by atoms with van der Waals surface area (Å²) in [6, 6.07) is 0. The number of rotatable bonds is 5. The van der Waals surface area contributed by atoms with Crippen molar-refractivity contribution in [2.75, 3.05) is 40.3 Å². The number of nitrogens with two attached hydrogens (primary N) is 1. The zero-order valence-corrected chi connectivity index (χ0v) is 10.9. The van der Waals surface area contributed by atoms with Crippen LogP contribution in [0.1, 0.15) is 19.8 Å². The molecule has 4 nitrogen and oxygen atoms in total. The number of nitrogens with zero attached hydrogens (tertiary/aromatic N) is 2. The number of hydrogen-bond donors (Lipinski definition) is 2. The first-order valence-electron chi connectivity index (χ1n) is 6.20. The maximum absolute atomic E-state index is 7.38. The smallest absolute Gasteiger partial charge is 0.0947 e. The number of likely N-dealkylation sites (tertiary alicyclic amines) is 1. The number of hydrogen-bond acceptors (Lipinski definition) is 3. The van der Waals surface area contributed by atoms with Crippen molar-refractivity contribution in [3.63, 3.8) is 0 Å². The predicted octanol–water partition coefficient (Wildman–Crippen LogP) is 0.832. The van der Waals surface area contributed by atoms with Gasteiger partial charge in [-0.2, -0.15) is 0 Å². The summed E-state index contributed by atoms with van der Waals surface area (Å²) in [4.78, 5) is 4.72. The molecule has 1 aliphatic rings. The average Bonchev–Trinajstić information content (AvgIpc) is 2.21. The van der Waals surface area contributed by atoms with Crippen LogP contribution in [0.4, 0.5) is 0 Å². The molecule has 94 valence electrons. The fourth-order valence-corrected chi connectivity index (χ4v) is 2.33. The second-order valence-electron chi connectivity index (χ2n) is 5.32. The molecule has 0 amide bonds. The van der Waals surface area contributed by atoms with Crippen molar-refractivity contribution < 1.29 is 0 Å². The lowest BCUT2D eigenvalue weighted by molar-refractivity contribution is 0.172. The highest BCUT2D eigenvalue weighted by Gasteiger charge is 2.19. The lowest BCUT2D eigenvalue weighted by Gasteiger charge is -2.32. The Hall–Kier alpha value is -0.610. The van der Waals surface area contributed by atoms with Gasteiger partial charge in [0.05, 0.1) is 5.84 Å². The minimum Gasteiger partial charge on any atom is -0.387 e. The standard InChI is InChI=1S/C12H26N4/c1-10(12(13)14)8-16(3)9-11-4-6-15(2)7-5-11/h10-11H,4-9H2,1-3H3,(H3,13,14). The summed E-state index contributed by atoms with van der Waals surface area (Å²) >= 11 is 0. The van der Waals surface area contributed by atoms with E-state index in [0.717, 1.165) is 19.0 Å². The van der Waals surface area contributed by atoms with Crippen LogP contribution in [0.5, 0.6) is 0 Å². The molecule has 0 aromatic carbocycles. The zero-order valence-electron chi connectivity index (χ0n) is 10.9. The Bertz CT molecular complexity index is 221. The summed E-state index contributed by atoms with van der Waals surface area (Å²) in [7, 11) is 4.33. The van der Waals surface area contributed by atoms with Gasteiger partial charge in [-0.25, -0.2) is 0 Å². The van der Waals surface area contributed by atoms with Gasteiger partial charge in [-0.05, 0) is 45.9 Å². The van der Waals surface area contributed by atoms with E-state index >= 15 is 0 Å². The summed E-state index contributed by atoms with van der Waals surface area (Å²) in [5.41, 5.74) is 5.49. The van der Waals surface area contributed by atoms with Crippen molar-refractivity contribution in [2.45, 2.75) is 19.8 Å². The van der Waals surface area contributed by atoms with E-state index in [1.807, 2.05) is 6.92 Å². The molecule has 4 heteroatoms. The van der Waals surface area contributed by atoms with E-state index < -0.39 is 0 Å². The normalized spacial score (nSPS) is 21.2. The number of piperidine rings is 1. The van der Waals surface area contributed by atoms with Crippen LogP contribution in [0.3, 0.4) is 0 Å². The van der Waals surface area contributed by atoms with Gasteiger partial charge in [-0.3, -0.25) is 5.41 Å². The molecule has 0 aromatic heterocycles. The first kappa shape index (κ1) is 13.5. The van der Waals surface area contributed by atoms with Crippen LogP contribution in [0.2, 0.25) is 0 Å². The molecule has 0 saturated carbocycles. The van der Waals surface area contributed by atoms with E-state index in [0.29, 0.717) is 5.84 Å². The largest absolute Gasteiger partial charge is 0.387 e. The fourth-order valence-electron chi connectivity index (χ4n) is 2.33. The number of amidine groups is 1. The molecule has 1 unspecified atom stereocenters. The molecular formula is C12H26N4. The maximum Gasteiger partial charge on any atom is 0.0947 e. The highest BCUT2D eigenvalue weighted by molar-refractivity contribution is 5.79. The summed E-state index contributed by atoms with van der Waals surface area (Å²) in [6.07, 6.45) is 2.60. The molecule has 1 aliphatic heterocycles.